The molecule has 1 atom stereocenters. The number of esters is 1. The van der Waals surface area contributed by atoms with Crippen molar-refractivity contribution in [1.29, 1.82) is 0 Å². The van der Waals surface area contributed by atoms with Crippen LogP contribution in [0.3, 0.4) is 0 Å². The van der Waals surface area contributed by atoms with Crippen LogP contribution in [0.5, 0.6) is 0 Å². The van der Waals surface area contributed by atoms with E-state index in [9.17, 15) is 9.59 Å². The van der Waals surface area contributed by atoms with Gasteiger partial charge in [-0.15, -0.1) is 0 Å². The van der Waals surface area contributed by atoms with Gasteiger partial charge < -0.3 is 14.1 Å². The van der Waals surface area contributed by atoms with Gasteiger partial charge in [-0.1, -0.05) is 29.8 Å². The Balaban J connectivity index is 1.49. The van der Waals surface area contributed by atoms with Crippen LogP contribution in [0.15, 0.2) is 47.1 Å². The minimum atomic E-state index is -0.627. The van der Waals surface area contributed by atoms with Gasteiger partial charge in [0.1, 0.15) is 12.6 Å². The van der Waals surface area contributed by atoms with E-state index in [1.165, 1.54) is 11.2 Å². The number of likely N-dealkylation sites (tertiary alicyclic amines) is 1. The molecular weight excluding hydrogens is 380 g/mol. The molecule has 4 rings (SSSR count). The van der Waals surface area contributed by atoms with Crippen molar-refractivity contribution >= 4 is 34.4 Å². The molecule has 1 aliphatic rings. The highest BCUT2D eigenvalue weighted by Gasteiger charge is 2.36. The summed E-state index contributed by atoms with van der Waals surface area (Å²) in [5.41, 5.74) is 2.20. The van der Waals surface area contributed by atoms with Crippen molar-refractivity contribution in [3.05, 3.63) is 64.7 Å². The second-order valence-corrected chi connectivity index (χ2v) is 7.13. The number of pyridine rings is 1. The Kier molecular flexibility index (Phi) is 5.05. The summed E-state index contributed by atoms with van der Waals surface area (Å²) in [4.78, 5) is 31.2. The van der Waals surface area contributed by atoms with E-state index in [4.69, 9.17) is 20.8 Å². The van der Waals surface area contributed by atoms with E-state index in [-0.39, 0.29) is 18.3 Å². The quantitative estimate of drug-likeness (QED) is 0.617. The predicted molar refractivity (Wildman–Crippen MR) is 104 cm³/mol. The molecule has 0 saturated carbocycles. The maximum Gasteiger partial charge on any atom is 0.329 e. The second kappa shape index (κ2) is 7.64. The molecule has 2 aromatic heterocycles. The molecule has 144 valence electrons. The molecule has 1 aromatic carbocycles. The highest BCUT2D eigenvalue weighted by atomic mass is 35.5. The van der Waals surface area contributed by atoms with E-state index < -0.39 is 12.0 Å². The average molecular weight is 399 g/mol. The van der Waals surface area contributed by atoms with Gasteiger partial charge in [-0.05, 0) is 43.5 Å². The molecule has 6 nitrogen and oxygen atoms in total. The van der Waals surface area contributed by atoms with Gasteiger partial charge in [0.2, 0.25) is 0 Å². The van der Waals surface area contributed by atoms with E-state index in [1.807, 2.05) is 31.2 Å². The molecular formula is C21H19ClN2O4. The summed E-state index contributed by atoms with van der Waals surface area (Å²) in [6, 6.07) is 10.3. The lowest BCUT2D eigenvalue weighted by molar-refractivity contribution is -0.149. The zero-order chi connectivity index (χ0) is 19.7. The Labute approximate surface area is 167 Å². The number of para-hydroxylation sites is 1. The van der Waals surface area contributed by atoms with Crippen LogP contribution in [0.4, 0.5) is 0 Å². The van der Waals surface area contributed by atoms with Crippen molar-refractivity contribution in [2.24, 2.45) is 0 Å². The molecule has 0 radical (unpaired) electrons. The van der Waals surface area contributed by atoms with E-state index >= 15 is 0 Å². The topological polar surface area (TPSA) is 72.6 Å². The fourth-order valence-corrected chi connectivity index (χ4v) is 3.74. The zero-order valence-electron chi connectivity index (χ0n) is 15.4. The van der Waals surface area contributed by atoms with Gasteiger partial charge in [0.15, 0.2) is 5.76 Å². The van der Waals surface area contributed by atoms with Gasteiger partial charge >= 0.3 is 5.97 Å². The summed E-state index contributed by atoms with van der Waals surface area (Å²) in [7, 11) is 0. The second-order valence-electron chi connectivity index (χ2n) is 6.76. The molecule has 0 spiro atoms. The minimum absolute atomic E-state index is 0.0391. The first-order valence-electron chi connectivity index (χ1n) is 9.11. The molecule has 0 bridgehead atoms. The van der Waals surface area contributed by atoms with Crippen LogP contribution >= 0.6 is 11.6 Å². The molecule has 1 amide bonds. The monoisotopic (exact) mass is 398 g/mol. The van der Waals surface area contributed by atoms with Crippen molar-refractivity contribution in [2.75, 3.05) is 6.54 Å². The first-order valence-corrected chi connectivity index (χ1v) is 9.49. The number of halogens is 1. The standard InChI is InChI=1S/C21H19ClN2O4/c1-13-14-6-2-3-7-15(14)23-16(19(13)22)12-28-21(26)17-8-4-10-24(17)20(25)18-9-5-11-27-18/h2-3,5-7,9,11,17H,4,8,10,12H2,1H3. The number of carbonyl (C=O) groups excluding carboxylic acids is 2. The predicted octanol–water partition coefficient (Wildman–Crippen LogP) is 4.14. The number of amides is 1. The summed E-state index contributed by atoms with van der Waals surface area (Å²) in [5, 5.41) is 1.45. The van der Waals surface area contributed by atoms with Crippen LogP contribution in [0.1, 0.15) is 34.7 Å². The molecule has 0 aliphatic carbocycles. The third-order valence-corrected chi connectivity index (χ3v) is 5.52. The Morgan fingerprint density at radius 1 is 1.29 bits per heavy atom. The van der Waals surface area contributed by atoms with Gasteiger partial charge in [-0.25, -0.2) is 9.78 Å². The number of nitrogens with zero attached hydrogens (tertiary/aromatic N) is 2. The first-order chi connectivity index (χ1) is 13.6. The van der Waals surface area contributed by atoms with Crippen molar-refractivity contribution in [1.82, 2.24) is 9.88 Å². The van der Waals surface area contributed by atoms with Gasteiger partial charge in [-0.3, -0.25) is 4.79 Å². The van der Waals surface area contributed by atoms with Crippen molar-refractivity contribution in [3.63, 3.8) is 0 Å². The third-order valence-electron chi connectivity index (χ3n) is 5.01. The van der Waals surface area contributed by atoms with Gasteiger partial charge in [0, 0.05) is 11.9 Å². The number of furan rings is 1. The van der Waals surface area contributed by atoms with Crippen molar-refractivity contribution in [2.45, 2.75) is 32.4 Å². The fourth-order valence-electron chi connectivity index (χ4n) is 3.55. The lowest BCUT2D eigenvalue weighted by Crippen LogP contribution is -2.41. The fraction of sp³-hybridized carbons (Fsp3) is 0.286. The van der Waals surface area contributed by atoms with Crippen LogP contribution in [0, 0.1) is 6.92 Å². The maximum atomic E-state index is 12.6. The van der Waals surface area contributed by atoms with E-state index in [0.29, 0.717) is 23.7 Å². The number of rotatable bonds is 4. The number of hydrogen-bond donors (Lipinski definition) is 0. The summed E-state index contributed by atoms with van der Waals surface area (Å²) < 4.78 is 10.6. The lowest BCUT2D eigenvalue weighted by Gasteiger charge is -2.22. The summed E-state index contributed by atoms with van der Waals surface area (Å²) in [6.07, 6.45) is 2.73. The largest absolute Gasteiger partial charge is 0.459 e. The Bertz CT molecular complexity index is 1030. The van der Waals surface area contributed by atoms with E-state index in [1.54, 1.807) is 12.1 Å². The summed E-state index contributed by atoms with van der Waals surface area (Å²) >= 11 is 6.43. The van der Waals surface area contributed by atoms with E-state index in [2.05, 4.69) is 4.98 Å². The van der Waals surface area contributed by atoms with Crippen molar-refractivity contribution < 1.29 is 18.7 Å². The van der Waals surface area contributed by atoms with Crippen LogP contribution in [-0.4, -0.2) is 34.3 Å². The Morgan fingerprint density at radius 3 is 2.89 bits per heavy atom. The SMILES string of the molecule is Cc1c(Cl)c(COC(=O)C2CCCN2C(=O)c2ccco2)nc2ccccc12. The van der Waals surface area contributed by atoms with Gasteiger partial charge in [-0.2, -0.15) is 0 Å². The average Bonchev–Trinajstić information content (AvgIpc) is 3.41. The van der Waals surface area contributed by atoms with Gasteiger partial charge in [0.05, 0.1) is 22.5 Å². The zero-order valence-corrected chi connectivity index (χ0v) is 16.1. The number of carbonyl (C=O) groups is 2. The number of aromatic nitrogens is 1. The highest BCUT2D eigenvalue weighted by molar-refractivity contribution is 6.32. The Morgan fingerprint density at radius 2 is 2.11 bits per heavy atom. The maximum absolute atomic E-state index is 12.6. The minimum Gasteiger partial charge on any atom is -0.459 e. The molecule has 1 fully saturated rings. The molecule has 28 heavy (non-hydrogen) atoms. The normalized spacial score (nSPS) is 16.5. The van der Waals surface area contributed by atoms with Crippen LogP contribution in [0.2, 0.25) is 5.02 Å². The molecule has 1 aliphatic heterocycles. The highest BCUT2D eigenvalue weighted by Crippen LogP contribution is 2.28. The number of aryl methyl sites for hydroxylation is 1. The number of hydrogen-bond acceptors (Lipinski definition) is 5. The first kappa shape index (κ1) is 18.5. The van der Waals surface area contributed by atoms with Crippen molar-refractivity contribution in [3.8, 4) is 0 Å². The molecule has 1 saturated heterocycles. The molecule has 3 heterocycles. The molecule has 1 unspecified atom stereocenters. The van der Waals surface area contributed by atoms with Crippen LogP contribution in [0.25, 0.3) is 10.9 Å². The summed E-state index contributed by atoms with van der Waals surface area (Å²) in [5.74, 6) is -0.544. The van der Waals surface area contributed by atoms with Gasteiger partial charge in [0.25, 0.3) is 5.91 Å². The Hall–Kier alpha value is -2.86. The number of ether oxygens (including phenoxy) is 1. The van der Waals surface area contributed by atoms with Crippen LogP contribution < -0.4 is 0 Å². The molecule has 0 N–H and O–H groups in total. The molecule has 3 aromatic rings. The lowest BCUT2D eigenvalue weighted by atomic mass is 10.1. The number of fused-ring (bicyclic) bond motifs is 1. The van der Waals surface area contributed by atoms with Crippen LogP contribution in [-0.2, 0) is 16.1 Å². The molecule has 7 heteroatoms. The van der Waals surface area contributed by atoms with E-state index in [0.717, 1.165) is 22.9 Å². The number of benzene rings is 1. The third kappa shape index (κ3) is 3.36. The summed E-state index contributed by atoms with van der Waals surface area (Å²) in [6.45, 7) is 2.37. The smallest absolute Gasteiger partial charge is 0.329 e.